The van der Waals surface area contributed by atoms with Crippen molar-refractivity contribution >= 4 is 0 Å². The molecular weight excluding hydrogens is 250 g/mol. The molecule has 1 saturated carbocycles. The summed E-state index contributed by atoms with van der Waals surface area (Å²) in [6.07, 6.45) is 6.33. The van der Waals surface area contributed by atoms with Gasteiger partial charge in [0.2, 0.25) is 0 Å². The van der Waals surface area contributed by atoms with Crippen molar-refractivity contribution in [3.63, 3.8) is 0 Å². The highest BCUT2D eigenvalue weighted by Crippen LogP contribution is 2.36. The van der Waals surface area contributed by atoms with E-state index in [1.54, 1.807) is 0 Å². The summed E-state index contributed by atoms with van der Waals surface area (Å²) in [5.41, 5.74) is 10.6. The Kier molecular flexibility index (Phi) is 3.17. The highest BCUT2D eigenvalue weighted by atomic mass is 15.3. The molecule has 2 heterocycles. The van der Waals surface area contributed by atoms with E-state index in [0.29, 0.717) is 0 Å². The van der Waals surface area contributed by atoms with Crippen LogP contribution in [0.2, 0.25) is 0 Å². The highest BCUT2D eigenvalue weighted by molar-refractivity contribution is 5.64. The van der Waals surface area contributed by atoms with Gasteiger partial charge in [0.1, 0.15) is 5.82 Å². The fourth-order valence-electron chi connectivity index (χ4n) is 3.34. The first-order valence-electron chi connectivity index (χ1n) is 7.44. The Morgan fingerprint density at radius 2 is 2.05 bits per heavy atom. The first-order valence-corrected chi connectivity index (χ1v) is 7.44. The number of imidazole rings is 1. The molecule has 1 aliphatic rings. The molecule has 0 aromatic carbocycles. The lowest BCUT2D eigenvalue weighted by Crippen LogP contribution is -2.34. The fourth-order valence-corrected chi connectivity index (χ4v) is 3.34. The molecule has 0 saturated heterocycles. The average Bonchev–Trinajstić information content (AvgIpc) is 3.10. The molecule has 0 unspecified atom stereocenters. The predicted molar refractivity (Wildman–Crippen MR) is 79.3 cm³/mol. The molecule has 1 aliphatic carbocycles. The Labute approximate surface area is 119 Å². The van der Waals surface area contributed by atoms with Crippen LogP contribution >= 0.6 is 0 Å². The Hall–Kier alpha value is -1.62. The number of aryl methyl sites for hydroxylation is 2. The maximum absolute atomic E-state index is 6.46. The summed E-state index contributed by atoms with van der Waals surface area (Å²) in [6.45, 7) is 7.14. The van der Waals surface area contributed by atoms with Crippen LogP contribution in [0, 0.1) is 13.8 Å². The molecule has 5 heteroatoms. The standard InChI is InChI=1S/C15H23N5/c1-4-20-11(3)13(10(2)19-20)12-9-17-14(18-12)15(16)7-5-6-8-15/h9H,4-8,16H2,1-3H3,(H,17,18). The van der Waals surface area contributed by atoms with Gasteiger partial charge in [-0.2, -0.15) is 5.10 Å². The van der Waals surface area contributed by atoms with Crippen LogP contribution in [0.25, 0.3) is 11.3 Å². The maximum atomic E-state index is 6.46. The van der Waals surface area contributed by atoms with Gasteiger partial charge in [0, 0.05) is 17.8 Å². The molecule has 0 aliphatic heterocycles. The first kappa shape index (κ1) is 13.4. The second-order valence-corrected chi connectivity index (χ2v) is 5.87. The third-order valence-corrected chi connectivity index (χ3v) is 4.49. The molecule has 3 rings (SSSR count). The summed E-state index contributed by atoms with van der Waals surface area (Å²) in [5, 5.41) is 4.57. The number of hydrogen-bond donors (Lipinski definition) is 2. The van der Waals surface area contributed by atoms with Crippen molar-refractivity contribution < 1.29 is 0 Å². The van der Waals surface area contributed by atoms with E-state index in [2.05, 4.69) is 28.9 Å². The van der Waals surface area contributed by atoms with E-state index < -0.39 is 0 Å². The molecule has 0 atom stereocenters. The van der Waals surface area contributed by atoms with Crippen LogP contribution in [0.4, 0.5) is 0 Å². The highest BCUT2D eigenvalue weighted by Gasteiger charge is 2.34. The first-order chi connectivity index (χ1) is 9.55. The zero-order valence-electron chi connectivity index (χ0n) is 12.5. The van der Waals surface area contributed by atoms with Crippen molar-refractivity contribution in [2.75, 3.05) is 0 Å². The number of nitrogens with zero attached hydrogens (tertiary/aromatic N) is 3. The molecule has 2 aromatic heterocycles. The number of hydrogen-bond acceptors (Lipinski definition) is 3. The van der Waals surface area contributed by atoms with Crippen molar-refractivity contribution in [3.8, 4) is 11.3 Å². The smallest absolute Gasteiger partial charge is 0.126 e. The Balaban J connectivity index is 2.00. The van der Waals surface area contributed by atoms with E-state index in [1.165, 1.54) is 18.5 Å². The topological polar surface area (TPSA) is 72.5 Å². The number of H-pyrrole nitrogens is 1. The number of nitrogens with two attached hydrogens (primary N) is 1. The molecule has 108 valence electrons. The van der Waals surface area contributed by atoms with Crippen molar-refractivity contribution in [1.82, 2.24) is 19.7 Å². The molecule has 0 bridgehead atoms. The minimum absolute atomic E-state index is 0.263. The molecule has 1 fully saturated rings. The van der Waals surface area contributed by atoms with E-state index >= 15 is 0 Å². The van der Waals surface area contributed by atoms with Gasteiger partial charge in [0.05, 0.1) is 23.1 Å². The van der Waals surface area contributed by atoms with Crippen LogP contribution in [0.5, 0.6) is 0 Å². The lowest BCUT2D eigenvalue weighted by atomic mass is 9.98. The largest absolute Gasteiger partial charge is 0.340 e. The molecule has 20 heavy (non-hydrogen) atoms. The average molecular weight is 273 g/mol. The van der Waals surface area contributed by atoms with Gasteiger partial charge in [-0.1, -0.05) is 12.8 Å². The minimum atomic E-state index is -0.263. The molecule has 0 spiro atoms. The fraction of sp³-hybridized carbons (Fsp3) is 0.600. The van der Waals surface area contributed by atoms with Gasteiger partial charge in [-0.05, 0) is 33.6 Å². The monoisotopic (exact) mass is 273 g/mol. The van der Waals surface area contributed by atoms with E-state index in [9.17, 15) is 0 Å². The van der Waals surface area contributed by atoms with Crippen LogP contribution in [0.3, 0.4) is 0 Å². The summed E-state index contributed by atoms with van der Waals surface area (Å²) in [4.78, 5) is 7.99. The molecule has 0 radical (unpaired) electrons. The van der Waals surface area contributed by atoms with Crippen molar-refractivity contribution in [3.05, 3.63) is 23.4 Å². The van der Waals surface area contributed by atoms with Crippen LogP contribution in [-0.2, 0) is 12.1 Å². The number of nitrogens with one attached hydrogen (secondary N) is 1. The third-order valence-electron chi connectivity index (χ3n) is 4.49. The predicted octanol–water partition coefficient (Wildman–Crippen LogP) is 2.64. The molecule has 2 aromatic rings. The quantitative estimate of drug-likeness (QED) is 0.903. The zero-order chi connectivity index (χ0) is 14.3. The lowest BCUT2D eigenvalue weighted by Gasteiger charge is -2.20. The van der Waals surface area contributed by atoms with Gasteiger partial charge in [-0.25, -0.2) is 4.98 Å². The Morgan fingerprint density at radius 3 is 2.65 bits per heavy atom. The van der Waals surface area contributed by atoms with Gasteiger partial charge in [0.15, 0.2) is 0 Å². The van der Waals surface area contributed by atoms with Crippen LogP contribution in [-0.4, -0.2) is 19.7 Å². The molecule has 3 N–H and O–H groups in total. The van der Waals surface area contributed by atoms with Gasteiger partial charge >= 0.3 is 0 Å². The normalized spacial score (nSPS) is 17.8. The van der Waals surface area contributed by atoms with E-state index in [-0.39, 0.29) is 5.54 Å². The summed E-state index contributed by atoms with van der Waals surface area (Å²) >= 11 is 0. The number of aromatic amines is 1. The minimum Gasteiger partial charge on any atom is -0.340 e. The van der Waals surface area contributed by atoms with Crippen molar-refractivity contribution in [2.24, 2.45) is 5.73 Å². The lowest BCUT2D eigenvalue weighted by molar-refractivity contribution is 0.436. The molecule has 5 nitrogen and oxygen atoms in total. The second kappa shape index (κ2) is 4.74. The summed E-state index contributed by atoms with van der Waals surface area (Å²) < 4.78 is 2.03. The summed E-state index contributed by atoms with van der Waals surface area (Å²) in [7, 11) is 0. The van der Waals surface area contributed by atoms with Gasteiger partial charge in [0.25, 0.3) is 0 Å². The van der Waals surface area contributed by atoms with Crippen molar-refractivity contribution in [2.45, 2.75) is 58.5 Å². The van der Waals surface area contributed by atoms with E-state index in [0.717, 1.165) is 42.2 Å². The van der Waals surface area contributed by atoms with E-state index in [1.807, 2.05) is 17.8 Å². The van der Waals surface area contributed by atoms with E-state index in [4.69, 9.17) is 5.73 Å². The SMILES string of the molecule is CCn1nc(C)c(-c2cnc(C3(N)CCCC3)[nH]2)c1C. The van der Waals surface area contributed by atoms with Crippen LogP contribution in [0.15, 0.2) is 6.20 Å². The van der Waals surface area contributed by atoms with Crippen molar-refractivity contribution in [1.29, 1.82) is 0 Å². The van der Waals surface area contributed by atoms with Gasteiger partial charge < -0.3 is 10.7 Å². The molecular formula is C15H23N5. The van der Waals surface area contributed by atoms with Gasteiger partial charge in [-0.15, -0.1) is 0 Å². The third kappa shape index (κ3) is 1.97. The Morgan fingerprint density at radius 1 is 1.35 bits per heavy atom. The maximum Gasteiger partial charge on any atom is 0.126 e. The summed E-state index contributed by atoms with van der Waals surface area (Å²) in [6, 6.07) is 0. The summed E-state index contributed by atoms with van der Waals surface area (Å²) in [5.74, 6) is 0.924. The molecule has 0 amide bonds. The number of aromatic nitrogens is 4. The van der Waals surface area contributed by atoms with Crippen LogP contribution in [0.1, 0.15) is 49.8 Å². The van der Waals surface area contributed by atoms with Gasteiger partial charge in [-0.3, -0.25) is 4.68 Å². The zero-order valence-corrected chi connectivity index (χ0v) is 12.5. The Bertz CT molecular complexity index is 616. The second-order valence-electron chi connectivity index (χ2n) is 5.87. The number of rotatable bonds is 3. The van der Waals surface area contributed by atoms with Crippen LogP contribution < -0.4 is 5.73 Å².